The largest absolute Gasteiger partial charge is 0.370 e. The summed E-state index contributed by atoms with van der Waals surface area (Å²) in [5.74, 6) is 2.52. The highest BCUT2D eigenvalue weighted by molar-refractivity contribution is 5.46. The average molecular weight is 251 g/mol. The van der Waals surface area contributed by atoms with Gasteiger partial charge in [0.1, 0.15) is 18.0 Å². The third-order valence-corrected chi connectivity index (χ3v) is 2.61. The van der Waals surface area contributed by atoms with Crippen LogP contribution in [0.4, 0.5) is 11.6 Å². The van der Waals surface area contributed by atoms with Gasteiger partial charge >= 0.3 is 0 Å². The molecule has 1 aromatic heterocycles. The number of anilines is 2. The van der Waals surface area contributed by atoms with Crippen LogP contribution in [-0.4, -0.2) is 36.6 Å². The molecule has 102 valence electrons. The molecule has 0 unspecified atom stereocenters. The van der Waals surface area contributed by atoms with Crippen LogP contribution in [0.5, 0.6) is 0 Å². The lowest BCUT2D eigenvalue weighted by molar-refractivity contribution is 0.566. The van der Waals surface area contributed by atoms with E-state index in [9.17, 15) is 0 Å². The Kier molecular flexibility index (Phi) is 7.10. The molecule has 0 amide bonds. The summed E-state index contributed by atoms with van der Waals surface area (Å²) in [4.78, 5) is 8.38. The van der Waals surface area contributed by atoms with Crippen molar-refractivity contribution in [1.29, 1.82) is 0 Å². The van der Waals surface area contributed by atoms with Gasteiger partial charge in [0.25, 0.3) is 0 Å². The Morgan fingerprint density at radius 2 is 1.72 bits per heavy atom. The van der Waals surface area contributed by atoms with Crippen molar-refractivity contribution < 1.29 is 0 Å². The third-order valence-electron chi connectivity index (χ3n) is 2.61. The molecule has 0 aliphatic carbocycles. The van der Waals surface area contributed by atoms with Gasteiger partial charge in [0.15, 0.2) is 0 Å². The Labute approximate surface area is 110 Å². The van der Waals surface area contributed by atoms with Gasteiger partial charge in [-0.2, -0.15) is 0 Å². The minimum Gasteiger partial charge on any atom is -0.370 e. The normalized spacial score (nSPS) is 10.7. The fourth-order valence-corrected chi connectivity index (χ4v) is 1.59. The van der Waals surface area contributed by atoms with E-state index in [0.717, 1.165) is 37.2 Å². The van der Waals surface area contributed by atoms with Crippen LogP contribution in [0.1, 0.15) is 26.7 Å². The standard InChI is InChI=1S/C13H25N5/c1-11(2)5-4-6-15-12-9-13(18-10-17-12)16-8-7-14-3/h9-11,14H,4-8H2,1-3H3,(H2,15,16,17,18). The average Bonchev–Trinajstić information content (AvgIpc) is 2.35. The summed E-state index contributed by atoms with van der Waals surface area (Å²) in [7, 11) is 1.93. The minimum atomic E-state index is 0.760. The summed E-state index contributed by atoms with van der Waals surface area (Å²) < 4.78 is 0. The van der Waals surface area contributed by atoms with E-state index in [0.29, 0.717) is 0 Å². The van der Waals surface area contributed by atoms with Gasteiger partial charge in [-0.3, -0.25) is 0 Å². The van der Waals surface area contributed by atoms with Gasteiger partial charge in [-0.25, -0.2) is 9.97 Å². The van der Waals surface area contributed by atoms with E-state index in [1.165, 1.54) is 12.8 Å². The van der Waals surface area contributed by atoms with E-state index in [-0.39, 0.29) is 0 Å². The Bertz CT molecular complexity index is 327. The molecule has 0 spiro atoms. The molecule has 0 saturated heterocycles. The number of nitrogens with zero attached hydrogens (tertiary/aromatic N) is 2. The first-order chi connectivity index (χ1) is 8.72. The van der Waals surface area contributed by atoms with Crippen molar-refractivity contribution in [3.05, 3.63) is 12.4 Å². The number of hydrogen-bond acceptors (Lipinski definition) is 5. The molecular weight excluding hydrogens is 226 g/mol. The lowest BCUT2D eigenvalue weighted by Crippen LogP contribution is -2.18. The van der Waals surface area contributed by atoms with Crippen molar-refractivity contribution in [3.63, 3.8) is 0 Å². The van der Waals surface area contributed by atoms with Crippen molar-refractivity contribution in [2.45, 2.75) is 26.7 Å². The molecule has 3 N–H and O–H groups in total. The van der Waals surface area contributed by atoms with Gasteiger partial charge in [-0.05, 0) is 25.8 Å². The number of likely N-dealkylation sites (N-methyl/N-ethyl adjacent to an activating group) is 1. The summed E-state index contributed by atoms with van der Waals surface area (Å²) in [5, 5.41) is 9.65. The van der Waals surface area contributed by atoms with Gasteiger partial charge in [0.05, 0.1) is 0 Å². The summed E-state index contributed by atoms with van der Waals surface area (Å²) in [6, 6.07) is 1.95. The molecule has 1 heterocycles. The topological polar surface area (TPSA) is 61.9 Å². The minimum absolute atomic E-state index is 0.760. The second kappa shape index (κ2) is 8.69. The SMILES string of the molecule is CNCCNc1cc(NCCCC(C)C)ncn1. The van der Waals surface area contributed by atoms with E-state index in [2.05, 4.69) is 39.8 Å². The molecule has 18 heavy (non-hydrogen) atoms. The van der Waals surface area contributed by atoms with Crippen LogP contribution in [-0.2, 0) is 0 Å². The second-order valence-corrected chi connectivity index (χ2v) is 4.78. The van der Waals surface area contributed by atoms with Crippen LogP contribution in [0, 0.1) is 5.92 Å². The summed E-state index contributed by atoms with van der Waals surface area (Å²) >= 11 is 0. The molecule has 0 aliphatic heterocycles. The Hall–Kier alpha value is -1.36. The smallest absolute Gasteiger partial charge is 0.131 e. The zero-order chi connectivity index (χ0) is 13.2. The highest BCUT2D eigenvalue weighted by Crippen LogP contribution is 2.09. The lowest BCUT2D eigenvalue weighted by atomic mass is 10.1. The van der Waals surface area contributed by atoms with E-state index >= 15 is 0 Å². The summed E-state index contributed by atoms with van der Waals surface area (Å²) in [6.07, 6.45) is 4.00. The van der Waals surface area contributed by atoms with Gasteiger partial charge in [-0.1, -0.05) is 13.8 Å². The van der Waals surface area contributed by atoms with Crippen LogP contribution in [0.15, 0.2) is 12.4 Å². The first-order valence-corrected chi connectivity index (χ1v) is 6.66. The van der Waals surface area contributed by atoms with Crippen molar-refractivity contribution in [1.82, 2.24) is 15.3 Å². The van der Waals surface area contributed by atoms with Gasteiger partial charge in [0, 0.05) is 25.7 Å². The fourth-order valence-electron chi connectivity index (χ4n) is 1.59. The highest BCUT2D eigenvalue weighted by Gasteiger charge is 1.98. The molecule has 5 heteroatoms. The van der Waals surface area contributed by atoms with Crippen LogP contribution < -0.4 is 16.0 Å². The van der Waals surface area contributed by atoms with Gasteiger partial charge in [-0.15, -0.1) is 0 Å². The maximum Gasteiger partial charge on any atom is 0.131 e. The maximum atomic E-state index is 4.21. The van der Waals surface area contributed by atoms with Gasteiger partial charge in [0.2, 0.25) is 0 Å². The number of aromatic nitrogens is 2. The maximum absolute atomic E-state index is 4.21. The predicted octanol–water partition coefficient (Wildman–Crippen LogP) is 1.96. The third kappa shape index (κ3) is 6.39. The monoisotopic (exact) mass is 251 g/mol. The number of nitrogens with one attached hydrogen (secondary N) is 3. The Balaban J connectivity index is 2.30. The number of rotatable bonds is 9. The van der Waals surface area contributed by atoms with Crippen molar-refractivity contribution in [2.75, 3.05) is 37.3 Å². The zero-order valence-corrected chi connectivity index (χ0v) is 11.7. The first-order valence-electron chi connectivity index (χ1n) is 6.66. The molecular formula is C13H25N5. The Morgan fingerprint density at radius 3 is 2.33 bits per heavy atom. The molecule has 1 rings (SSSR count). The lowest BCUT2D eigenvalue weighted by Gasteiger charge is -2.09. The molecule has 0 saturated carbocycles. The quantitative estimate of drug-likeness (QED) is 0.586. The number of hydrogen-bond donors (Lipinski definition) is 3. The second-order valence-electron chi connectivity index (χ2n) is 4.78. The van der Waals surface area contributed by atoms with Crippen LogP contribution >= 0.6 is 0 Å². The molecule has 0 fully saturated rings. The van der Waals surface area contributed by atoms with Gasteiger partial charge < -0.3 is 16.0 Å². The Morgan fingerprint density at radius 1 is 1.06 bits per heavy atom. The van der Waals surface area contributed by atoms with E-state index < -0.39 is 0 Å². The molecule has 0 radical (unpaired) electrons. The fraction of sp³-hybridized carbons (Fsp3) is 0.692. The van der Waals surface area contributed by atoms with Crippen molar-refractivity contribution in [3.8, 4) is 0 Å². The van der Waals surface area contributed by atoms with E-state index in [1.54, 1.807) is 6.33 Å². The van der Waals surface area contributed by atoms with E-state index in [1.807, 2.05) is 13.1 Å². The van der Waals surface area contributed by atoms with Crippen molar-refractivity contribution >= 4 is 11.6 Å². The summed E-state index contributed by atoms with van der Waals surface area (Å²) in [6.45, 7) is 7.23. The highest BCUT2D eigenvalue weighted by atomic mass is 15.1. The zero-order valence-electron chi connectivity index (χ0n) is 11.7. The van der Waals surface area contributed by atoms with Crippen LogP contribution in [0.25, 0.3) is 0 Å². The van der Waals surface area contributed by atoms with Crippen molar-refractivity contribution in [2.24, 2.45) is 5.92 Å². The molecule has 1 aromatic rings. The molecule has 0 bridgehead atoms. The molecule has 0 aromatic carbocycles. The molecule has 0 aliphatic rings. The van der Waals surface area contributed by atoms with Crippen LogP contribution in [0.2, 0.25) is 0 Å². The van der Waals surface area contributed by atoms with E-state index in [4.69, 9.17) is 0 Å². The predicted molar refractivity (Wildman–Crippen MR) is 77.0 cm³/mol. The van der Waals surface area contributed by atoms with Crippen LogP contribution in [0.3, 0.4) is 0 Å². The summed E-state index contributed by atoms with van der Waals surface area (Å²) in [5.41, 5.74) is 0. The molecule has 0 atom stereocenters. The first kappa shape index (κ1) is 14.7. The molecule has 5 nitrogen and oxygen atoms in total.